The lowest BCUT2D eigenvalue weighted by atomic mass is 9.98. The molecule has 1 unspecified atom stereocenters. The van der Waals surface area contributed by atoms with Gasteiger partial charge in [-0.1, -0.05) is 62.4 Å². The third-order valence-electron chi connectivity index (χ3n) is 5.62. The Balaban J connectivity index is 1.42. The predicted molar refractivity (Wildman–Crippen MR) is 114 cm³/mol. The van der Waals surface area contributed by atoms with E-state index < -0.39 is 0 Å². The van der Waals surface area contributed by atoms with Crippen LogP contribution in [-0.4, -0.2) is 36.5 Å². The SMILES string of the molecule is CCC(C)c1ccccc1OCC(=O)NC1CCN(Cc2ccccc2)CC1. The highest BCUT2D eigenvalue weighted by Crippen LogP contribution is 2.28. The number of benzene rings is 2. The van der Waals surface area contributed by atoms with Gasteiger partial charge >= 0.3 is 0 Å². The molecule has 0 spiro atoms. The molecule has 28 heavy (non-hydrogen) atoms. The Morgan fingerprint density at radius 3 is 2.50 bits per heavy atom. The maximum Gasteiger partial charge on any atom is 0.258 e. The molecule has 0 saturated carbocycles. The molecule has 1 amide bonds. The molecule has 1 N–H and O–H groups in total. The monoisotopic (exact) mass is 380 g/mol. The molecule has 1 saturated heterocycles. The summed E-state index contributed by atoms with van der Waals surface area (Å²) in [6, 6.07) is 18.8. The van der Waals surface area contributed by atoms with Crippen LogP contribution in [0.1, 0.15) is 50.2 Å². The lowest BCUT2D eigenvalue weighted by Crippen LogP contribution is -2.45. The number of rotatable bonds is 8. The van der Waals surface area contributed by atoms with Crippen molar-refractivity contribution in [3.63, 3.8) is 0 Å². The molecule has 1 fully saturated rings. The van der Waals surface area contributed by atoms with Crippen LogP contribution in [-0.2, 0) is 11.3 Å². The van der Waals surface area contributed by atoms with Crippen molar-refractivity contribution in [2.24, 2.45) is 0 Å². The van der Waals surface area contributed by atoms with Crippen LogP contribution < -0.4 is 10.1 Å². The van der Waals surface area contributed by atoms with Crippen molar-refractivity contribution in [1.82, 2.24) is 10.2 Å². The van der Waals surface area contributed by atoms with Gasteiger partial charge in [-0.25, -0.2) is 0 Å². The summed E-state index contributed by atoms with van der Waals surface area (Å²) in [6.07, 6.45) is 3.03. The molecule has 1 heterocycles. The maximum atomic E-state index is 12.4. The number of likely N-dealkylation sites (tertiary alicyclic amines) is 1. The third kappa shape index (κ3) is 5.83. The first kappa shape index (κ1) is 20.4. The van der Waals surface area contributed by atoms with Crippen LogP contribution in [0, 0.1) is 0 Å². The summed E-state index contributed by atoms with van der Waals surface area (Å²) >= 11 is 0. The van der Waals surface area contributed by atoms with Crippen molar-refractivity contribution in [3.8, 4) is 5.75 Å². The number of piperidine rings is 1. The minimum absolute atomic E-state index is 0.0273. The third-order valence-corrected chi connectivity index (χ3v) is 5.62. The van der Waals surface area contributed by atoms with E-state index in [0.29, 0.717) is 5.92 Å². The lowest BCUT2D eigenvalue weighted by molar-refractivity contribution is -0.124. The molecule has 1 aliphatic heterocycles. The van der Waals surface area contributed by atoms with E-state index in [1.54, 1.807) is 0 Å². The summed E-state index contributed by atoms with van der Waals surface area (Å²) in [5, 5.41) is 3.15. The molecule has 4 nitrogen and oxygen atoms in total. The predicted octanol–water partition coefficient (Wildman–Crippen LogP) is 4.36. The molecule has 0 aromatic heterocycles. The summed E-state index contributed by atoms with van der Waals surface area (Å²) in [4.78, 5) is 14.8. The van der Waals surface area contributed by atoms with Crippen LogP contribution in [0.15, 0.2) is 54.6 Å². The number of amides is 1. The fourth-order valence-electron chi connectivity index (χ4n) is 3.73. The second kappa shape index (κ2) is 10.3. The quantitative estimate of drug-likeness (QED) is 0.740. The van der Waals surface area contributed by atoms with Crippen LogP contribution in [0.2, 0.25) is 0 Å². The Kier molecular flexibility index (Phi) is 7.49. The number of hydrogen-bond acceptors (Lipinski definition) is 3. The van der Waals surface area contributed by atoms with E-state index in [1.165, 1.54) is 11.1 Å². The first-order valence-corrected chi connectivity index (χ1v) is 10.4. The summed E-state index contributed by atoms with van der Waals surface area (Å²) < 4.78 is 5.84. The molecule has 3 rings (SSSR count). The number of carbonyl (C=O) groups excluding carboxylic acids is 1. The van der Waals surface area contributed by atoms with Crippen molar-refractivity contribution < 1.29 is 9.53 Å². The van der Waals surface area contributed by atoms with Crippen molar-refractivity contribution in [1.29, 1.82) is 0 Å². The van der Waals surface area contributed by atoms with Gasteiger partial charge in [0.05, 0.1) is 0 Å². The summed E-state index contributed by atoms with van der Waals surface area (Å²) in [5.74, 6) is 1.22. The van der Waals surface area contributed by atoms with Gasteiger partial charge in [0, 0.05) is 25.7 Å². The van der Waals surface area contributed by atoms with Crippen LogP contribution in [0.5, 0.6) is 5.75 Å². The summed E-state index contributed by atoms with van der Waals surface area (Å²) in [7, 11) is 0. The van der Waals surface area contributed by atoms with Crippen molar-refractivity contribution in [2.45, 2.75) is 51.6 Å². The Labute approximate surface area is 168 Å². The summed E-state index contributed by atoms with van der Waals surface area (Å²) in [6.45, 7) is 7.44. The fourth-order valence-corrected chi connectivity index (χ4v) is 3.73. The van der Waals surface area contributed by atoms with Crippen LogP contribution in [0.4, 0.5) is 0 Å². The Morgan fingerprint density at radius 1 is 1.11 bits per heavy atom. The highest BCUT2D eigenvalue weighted by Gasteiger charge is 2.21. The van der Waals surface area contributed by atoms with Gasteiger partial charge in [-0.05, 0) is 42.4 Å². The topological polar surface area (TPSA) is 41.6 Å². The molecule has 1 atom stereocenters. The minimum Gasteiger partial charge on any atom is -0.483 e. The molecule has 4 heteroatoms. The molecular formula is C24H32N2O2. The average molecular weight is 381 g/mol. The zero-order valence-electron chi connectivity index (χ0n) is 17.1. The van der Waals surface area contributed by atoms with Gasteiger partial charge in [-0.2, -0.15) is 0 Å². The van der Waals surface area contributed by atoms with Gasteiger partial charge in [0.1, 0.15) is 5.75 Å². The first-order chi connectivity index (χ1) is 13.7. The van der Waals surface area contributed by atoms with Gasteiger partial charge in [-0.3, -0.25) is 9.69 Å². The van der Waals surface area contributed by atoms with E-state index >= 15 is 0 Å². The van der Waals surface area contributed by atoms with Gasteiger partial charge in [0.2, 0.25) is 0 Å². The molecule has 150 valence electrons. The first-order valence-electron chi connectivity index (χ1n) is 10.4. The van der Waals surface area contributed by atoms with E-state index in [-0.39, 0.29) is 18.6 Å². The number of ether oxygens (including phenoxy) is 1. The molecule has 2 aromatic rings. The van der Waals surface area contributed by atoms with E-state index in [9.17, 15) is 4.79 Å². The minimum atomic E-state index is -0.0273. The zero-order chi connectivity index (χ0) is 19.8. The van der Waals surface area contributed by atoms with Crippen molar-refractivity contribution in [2.75, 3.05) is 19.7 Å². The number of nitrogens with one attached hydrogen (secondary N) is 1. The lowest BCUT2D eigenvalue weighted by Gasteiger charge is -2.32. The van der Waals surface area contributed by atoms with Crippen LogP contribution in [0.3, 0.4) is 0 Å². The highest BCUT2D eigenvalue weighted by molar-refractivity contribution is 5.77. The van der Waals surface area contributed by atoms with Crippen LogP contribution in [0.25, 0.3) is 0 Å². The number of para-hydroxylation sites is 1. The second-order valence-electron chi connectivity index (χ2n) is 7.74. The standard InChI is InChI=1S/C24H32N2O2/c1-3-19(2)22-11-7-8-12-23(22)28-18-24(27)25-21-13-15-26(16-14-21)17-20-9-5-4-6-10-20/h4-12,19,21H,3,13-18H2,1-2H3,(H,25,27). The molecular weight excluding hydrogens is 348 g/mol. The second-order valence-corrected chi connectivity index (χ2v) is 7.74. The highest BCUT2D eigenvalue weighted by atomic mass is 16.5. The largest absolute Gasteiger partial charge is 0.483 e. The van der Waals surface area contributed by atoms with E-state index in [1.807, 2.05) is 18.2 Å². The zero-order valence-corrected chi connectivity index (χ0v) is 17.1. The van der Waals surface area contributed by atoms with Crippen molar-refractivity contribution >= 4 is 5.91 Å². The Morgan fingerprint density at radius 2 is 1.79 bits per heavy atom. The number of hydrogen-bond donors (Lipinski definition) is 1. The Bertz CT molecular complexity index is 739. The number of carbonyl (C=O) groups is 1. The van der Waals surface area contributed by atoms with E-state index in [0.717, 1.165) is 44.6 Å². The van der Waals surface area contributed by atoms with Gasteiger partial charge in [0.15, 0.2) is 6.61 Å². The Hall–Kier alpha value is -2.33. The van der Waals surface area contributed by atoms with Gasteiger partial charge in [-0.15, -0.1) is 0 Å². The fraction of sp³-hybridized carbons (Fsp3) is 0.458. The molecule has 2 aromatic carbocycles. The molecule has 0 radical (unpaired) electrons. The average Bonchev–Trinajstić information content (AvgIpc) is 2.74. The van der Waals surface area contributed by atoms with Gasteiger partial charge < -0.3 is 10.1 Å². The van der Waals surface area contributed by atoms with E-state index in [4.69, 9.17) is 4.74 Å². The summed E-state index contributed by atoms with van der Waals surface area (Å²) in [5.41, 5.74) is 2.52. The van der Waals surface area contributed by atoms with Crippen LogP contribution >= 0.6 is 0 Å². The van der Waals surface area contributed by atoms with E-state index in [2.05, 4.69) is 60.5 Å². The maximum absolute atomic E-state index is 12.4. The molecule has 0 aliphatic carbocycles. The smallest absolute Gasteiger partial charge is 0.258 e. The van der Waals surface area contributed by atoms with Gasteiger partial charge in [0.25, 0.3) is 5.91 Å². The number of nitrogens with zero attached hydrogens (tertiary/aromatic N) is 1. The van der Waals surface area contributed by atoms with Crippen molar-refractivity contribution in [3.05, 3.63) is 65.7 Å². The molecule has 0 bridgehead atoms. The molecule has 1 aliphatic rings. The normalized spacial score (nSPS) is 16.5.